The second kappa shape index (κ2) is 10.9. The van der Waals surface area contributed by atoms with Gasteiger partial charge in [0.15, 0.2) is 10.9 Å². The Morgan fingerprint density at radius 1 is 1.25 bits per heavy atom. The van der Waals surface area contributed by atoms with E-state index in [0.717, 1.165) is 0 Å². The van der Waals surface area contributed by atoms with E-state index < -0.39 is 17.9 Å². The Balaban J connectivity index is 1.89. The quantitative estimate of drug-likeness (QED) is 0.325. The molecule has 0 saturated carbocycles. The third-order valence-electron chi connectivity index (χ3n) is 3.70. The van der Waals surface area contributed by atoms with E-state index in [1.54, 1.807) is 42.5 Å². The van der Waals surface area contributed by atoms with Crippen molar-refractivity contribution in [3.05, 3.63) is 61.1 Å². The van der Waals surface area contributed by atoms with Crippen molar-refractivity contribution in [2.75, 3.05) is 17.2 Å². The first kappa shape index (κ1) is 21.1. The second-order valence-corrected chi connectivity index (χ2v) is 6.31. The number of nitrogens with one attached hydrogen (secondary N) is 3. The van der Waals surface area contributed by atoms with Crippen molar-refractivity contribution in [2.45, 2.75) is 19.0 Å². The van der Waals surface area contributed by atoms with Gasteiger partial charge in [0, 0.05) is 17.9 Å². The molecule has 1 heterocycles. The highest BCUT2D eigenvalue weighted by atomic mass is 32.1. The molecule has 1 aromatic carbocycles. The van der Waals surface area contributed by atoms with Crippen molar-refractivity contribution in [3.8, 4) is 0 Å². The maximum Gasteiger partial charge on any atom is 0.230 e. The SMILES string of the molecule is C=CCNC(=S)Nc1cccc(NC(=O)C[C@@H]([NH2+]Cc2ccco2)C(=O)[O-])c1. The minimum Gasteiger partial charge on any atom is -0.544 e. The Kier molecular flexibility index (Phi) is 8.19. The van der Waals surface area contributed by atoms with Crippen molar-refractivity contribution in [3.63, 3.8) is 0 Å². The number of hydrogen-bond acceptors (Lipinski definition) is 5. The normalized spacial score (nSPS) is 11.3. The summed E-state index contributed by atoms with van der Waals surface area (Å²) in [7, 11) is 0. The second-order valence-electron chi connectivity index (χ2n) is 5.90. The van der Waals surface area contributed by atoms with E-state index >= 15 is 0 Å². The third-order valence-corrected chi connectivity index (χ3v) is 3.95. The zero-order valence-corrected chi connectivity index (χ0v) is 16.0. The molecule has 9 heteroatoms. The van der Waals surface area contributed by atoms with Crippen molar-refractivity contribution in [1.82, 2.24) is 5.32 Å². The number of carboxylic acids is 1. The number of anilines is 2. The van der Waals surface area contributed by atoms with Gasteiger partial charge in [-0.3, -0.25) is 4.79 Å². The summed E-state index contributed by atoms with van der Waals surface area (Å²) in [6.07, 6.45) is 2.95. The molecule has 2 aromatic rings. The molecule has 0 aliphatic carbocycles. The number of thiocarbonyl (C=S) groups is 1. The lowest BCUT2D eigenvalue weighted by Gasteiger charge is -2.16. The van der Waals surface area contributed by atoms with E-state index in [-0.39, 0.29) is 6.42 Å². The van der Waals surface area contributed by atoms with E-state index in [9.17, 15) is 14.7 Å². The van der Waals surface area contributed by atoms with Crippen molar-refractivity contribution < 1.29 is 24.4 Å². The van der Waals surface area contributed by atoms with Crippen LogP contribution < -0.4 is 26.4 Å². The Labute approximate surface area is 168 Å². The largest absolute Gasteiger partial charge is 0.544 e. The molecule has 1 aromatic heterocycles. The maximum absolute atomic E-state index is 12.2. The summed E-state index contributed by atoms with van der Waals surface area (Å²) in [5.74, 6) is -1.13. The summed E-state index contributed by atoms with van der Waals surface area (Å²) in [5, 5.41) is 21.8. The first-order valence-corrected chi connectivity index (χ1v) is 9.01. The van der Waals surface area contributed by atoms with Crippen LogP contribution >= 0.6 is 12.2 Å². The number of benzene rings is 1. The Morgan fingerprint density at radius 2 is 2.00 bits per heavy atom. The minimum absolute atomic E-state index is 0.236. The number of carboxylic acid groups (broad SMARTS) is 1. The highest BCUT2D eigenvalue weighted by Crippen LogP contribution is 2.15. The fourth-order valence-electron chi connectivity index (χ4n) is 2.38. The van der Waals surface area contributed by atoms with Gasteiger partial charge < -0.3 is 35.6 Å². The van der Waals surface area contributed by atoms with Gasteiger partial charge in [-0.25, -0.2) is 0 Å². The van der Waals surface area contributed by atoms with Crippen LogP contribution in [-0.2, 0) is 16.1 Å². The number of amides is 1. The monoisotopic (exact) mass is 402 g/mol. The zero-order chi connectivity index (χ0) is 20.4. The van der Waals surface area contributed by atoms with E-state index in [1.807, 2.05) is 0 Å². The van der Waals surface area contributed by atoms with Crippen LogP contribution in [0.1, 0.15) is 12.2 Å². The van der Waals surface area contributed by atoms with Crippen molar-refractivity contribution in [1.29, 1.82) is 0 Å². The summed E-state index contributed by atoms with van der Waals surface area (Å²) in [5.41, 5.74) is 1.20. The number of carbonyl (C=O) groups is 2. The average molecular weight is 402 g/mol. The lowest BCUT2D eigenvalue weighted by atomic mass is 10.2. The molecule has 2 rings (SSSR count). The van der Waals surface area contributed by atoms with E-state index in [2.05, 4.69) is 22.5 Å². The van der Waals surface area contributed by atoms with Gasteiger partial charge in [-0.2, -0.15) is 0 Å². The van der Waals surface area contributed by atoms with Crippen LogP contribution in [0.5, 0.6) is 0 Å². The lowest BCUT2D eigenvalue weighted by molar-refractivity contribution is -0.698. The summed E-state index contributed by atoms with van der Waals surface area (Å²) < 4.78 is 5.16. The van der Waals surface area contributed by atoms with Crippen LogP contribution in [0, 0.1) is 0 Å². The molecule has 0 radical (unpaired) electrons. The fourth-order valence-corrected chi connectivity index (χ4v) is 2.58. The smallest absolute Gasteiger partial charge is 0.230 e. The number of rotatable bonds is 10. The van der Waals surface area contributed by atoms with Crippen LogP contribution in [-0.4, -0.2) is 29.6 Å². The van der Waals surface area contributed by atoms with Gasteiger partial charge in [0.1, 0.15) is 12.6 Å². The standard InChI is InChI=1S/C19H22N4O4S/c1-2-8-20-19(28)23-14-6-3-5-13(10-14)22-17(24)11-16(18(25)26)21-12-15-7-4-9-27-15/h2-7,9-10,16,21H,1,8,11-12H2,(H,22,24)(H,25,26)(H2,20,23,28)/t16-/m1/s1. The number of hydrogen-bond donors (Lipinski definition) is 4. The summed E-state index contributed by atoms with van der Waals surface area (Å²) >= 11 is 5.14. The van der Waals surface area contributed by atoms with Crippen molar-refractivity contribution >= 4 is 40.6 Å². The number of carbonyl (C=O) groups excluding carboxylic acids is 2. The Morgan fingerprint density at radius 3 is 2.64 bits per heavy atom. The third kappa shape index (κ3) is 7.22. The Hall–Kier alpha value is -3.17. The summed E-state index contributed by atoms with van der Waals surface area (Å²) in [6, 6.07) is 9.34. The van der Waals surface area contributed by atoms with Gasteiger partial charge in [0.25, 0.3) is 0 Å². The van der Waals surface area contributed by atoms with Gasteiger partial charge in [0.2, 0.25) is 5.91 Å². The topological polar surface area (TPSA) is 123 Å². The number of quaternary nitrogens is 1. The van der Waals surface area contributed by atoms with Gasteiger partial charge >= 0.3 is 0 Å². The molecule has 0 spiro atoms. The molecule has 148 valence electrons. The molecule has 5 N–H and O–H groups in total. The average Bonchev–Trinajstić information content (AvgIpc) is 3.17. The van der Waals surface area contributed by atoms with Crippen LogP contribution in [0.2, 0.25) is 0 Å². The molecule has 8 nitrogen and oxygen atoms in total. The van der Waals surface area contributed by atoms with Crippen LogP contribution in [0.4, 0.5) is 11.4 Å². The lowest BCUT2D eigenvalue weighted by Crippen LogP contribution is -2.92. The van der Waals surface area contributed by atoms with E-state index in [4.69, 9.17) is 16.6 Å². The van der Waals surface area contributed by atoms with Crippen LogP contribution in [0.25, 0.3) is 0 Å². The highest BCUT2D eigenvalue weighted by Gasteiger charge is 2.19. The van der Waals surface area contributed by atoms with Gasteiger partial charge in [-0.15, -0.1) is 6.58 Å². The number of furan rings is 1. The molecule has 0 fully saturated rings. The van der Waals surface area contributed by atoms with Gasteiger partial charge in [0.05, 0.1) is 18.7 Å². The molecule has 28 heavy (non-hydrogen) atoms. The van der Waals surface area contributed by atoms with E-state index in [0.29, 0.717) is 35.3 Å². The molecular formula is C19H22N4O4S. The molecule has 1 atom stereocenters. The molecule has 0 bridgehead atoms. The molecule has 0 aliphatic heterocycles. The first-order chi connectivity index (χ1) is 13.5. The minimum atomic E-state index is -1.31. The molecule has 0 saturated heterocycles. The Bertz CT molecular complexity index is 823. The van der Waals surface area contributed by atoms with Crippen LogP contribution in [0.3, 0.4) is 0 Å². The molecule has 1 amide bonds. The number of aliphatic carboxylic acids is 1. The highest BCUT2D eigenvalue weighted by molar-refractivity contribution is 7.80. The maximum atomic E-state index is 12.2. The fraction of sp³-hybridized carbons (Fsp3) is 0.211. The predicted octanol–water partition coefficient (Wildman–Crippen LogP) is -0.0373. The van der Waals surface area contributed by atoms with Crippen LogP contribution in [0.15, 0.2) is 59.7 Å². The van der Waals surface area contributed by atoms with Crippen molar-refractivity contribution in [2.24, 2.45) is 0 Å². The summed E-state index contributed by atoms with van der Waals surface area (Å²) in [6.45, 7) is 4.43. The van der Waals surface area contributed by atoms with Gasteiger partial charge in [-0.1, -0.05) is 12.1 Å². The summed E-state index contributed by atoms with van der Waals surface area (Å²) in [4.78, 5) is 23.6. The first-order valence-electron chi connectivity index (χ1n) is 8.60. The predicted molar refractivity (Wildman–Crippen MR) is 107 cm³/mol. The molecular weight excluding hydrogens is 380 g/mol. The van der Waals surface area contributed by atoms with E-state index in [1.165, 1.54) is 11.6 Å². The zero-order valence-electron chi connectivity index (χ0n) is 15.1. The molecule has 0 aliphatic rings. The van der Waals surface area contributed by atoms with Gasteiger partial charge in [-0.05, 0) is 42.5 Å². The molecule has 0 unspecified atom stereocenters. The number of nitrogens with two attached hydrogens (primary N) is 1.